The number of rotatable bonds is 7. The lowest BCUT2D eigenvalue weighted by Crippen LogP contribution is -2.41. The van der Waals surface area contributed by atoms with E-state index in [1.165, 1.54) is 25.7 Å². The summed E-state index contributed by atoms with van der Waals surface area (Å²) in [7, 11) is 5.28. The third kappa shape index (κ3) is 5.13. The molecule has 1 amide bonds. The minimum Gasteiger partial charge on any atom is -0.493 e. The molecule has 1 aliphatic carbocycles. The number of carbonyl (C=O) groups is 1. The van der Waals surface area contributed by atoms with Gasteiger partial charge in [0.05, 0.1) is 20.8 Å². The van der Waals surface area contributed by atoms with E-state index in [2.05, 4.69) is 24.2 Å². The zero-order valence-electron chi connectivity index (χ0n) is 15.3. The first kappa shape index (κ1) is 18.6. The first-order valence-corrected chi connectivity index (χ1v) is 8.71. The van der Waals surface area contributed by atoms with Gasteiger partial charge in [0.15, 0.2) is 11.5 Å². The molecule has 0 bridgehead atoms. The maximum Gasteiger partial charge on any atom is 0.234 e. The van der Waals surface area contributed by atoms with Crippen LogP contribution in [0.2, 0.25) is 0 Å². The standard InChI is InChI=1S/C19H30N2O3/c1-14-5-8-16(9-6-14)21(2)13-19(22)20-12-15-7-10-17(23-3)18(11-15)24-4/h7,10-11,14,16H,5-6,8-9,12-13H2,1-4H3,(H,20,22). The summed E-state index contributed by atoms with van der Waals surface area (Å²) >= 11 is 0. The molecule has 0 radical (unpaired) electrons. The molecule has 0 aromatic heterocycles. The monoisotopic (exact) mass is 334 g/mol. The second-order valence-electron chi connectivity index (χ2n) is 6.79. The van der Waals surface area contributed by atoms with Crippen molar-refractivity contribution in [2.45, 2.75) is 45.2 Å². The molecule has 0 aliphatic heterocycles. The van der Waals surface area contributed by atoms with Gasteiger partial charge in [-0.15, -0.1) is 0 Å². The van der Waals surface area contributed by atoms with Crippen LogP contribution in [0.5, 0.6) is 11.5 Å². The predicted molar refractivity (Wildman–Crippen MR) is 95.4 cm³/mol. The summed E-state index contributed by atoms with van der Waals surface area (Å²) in [6.07, 6.45) is 4.92. The van der Waals surface area contributed by atoms with Gasteiger partial charge in [0.2, 0.25) is 5.91 Å². The zero-order chi connectivity index (χ0) is 17.5. The van der Waals surface area contributed by atoms with E-state index in [-0.39, 0.29) is 5.91 Å². The second-order valence-corrected chi connectivity index (χ2v) is 6.79. The Morgan fingerprint density at radius 2 is 1.83 bits per heavy atom. The number of nitrogens with zero attached hydrogens (tertiary/aromatic N) is 1. The van der Waals surface area contributed by atoms with Crippen LogP contribution < -0.4 is 14.8 Å². The summed E-state index contributed by atoms with van der Waals surface area (Å²) in [4.78, 5) is 14.4. The maximum atomic E-state index is 12.2. The Bertz CT molecular complexity index is 539. The molecule has 0 saturated heterocycles. The quantitative estimate of drug-likeness (QED) is 0.833. The van der Waals surface area contributed by atoms with Gasteiger partial charge in [0.1, 0.15) is 0 Å². The number of hydrogen-bond acceptors (Lipinski definition) is 4. The van der Waals surface area contributed by atoms with E-state index in [0.717, 1.165) is 11.5 Å². The second kappa shape index (κ2) is 8.92. The third-order valence-electron chi connectivity index (χ3n) is 4.94. The average molecular weight is 334 g/mol. The largest absolute Gasteiger partial charge is 0.493 e. The van der Waals surface area contributed by atoms with Crippen LogP contribution >= 0.6 is 0 Å². The number of ether oxygens (including phenoxy) is 2. The molecular formula is C19H30N2O3. The van der Waals surface area contributed by atoms with E-state index in [1.54, 1.807) is 14.2 Å². The van der Waals surface area contributed by atoms with Gasteiger partial charge >= 0.3 is 0 Å². The highest BCUT2D eigenvalue weighted by Crippen LogP contribution is 2.28. The fraction of sp³-hybridized carbons (Fsp3) is 0.632. The first-order valence-electron chi connectivity index (χ1n) is 8.71. The van der Waals surface area contributed by atoms with E-state index in [4.69, 9.17) is 9.47 Å². The van der Waals surface area contributed by atoms with Crippen LogP contribution in [0.25, 0.3) is 0 Å². The summed E-state index contributed by atoms with van der Waals surface area (Å²) in [5, 5.41) is 2.99. The minimum atomic E-state index is 0.0610. The molecular weight excluding hydrogens is 304 g/mol. The van der Waals surface area contributed by atoms with Crippen LogP contribution in [0.15, 0.2) is 18.2 Å². The SMILES string of the molecule is COc1ccc(CNC(=O)CN(C)C2CCC(C)CC2)cc1OC. The highest BCUT2D eigenvalue weighted by molar-refractivity contribution is 5.78. The molecule has 0 heterocycles. The molecule has 0 unspecified atom stereocenters. The fourth-order valence-electron chi connectivity index (χ4n) is 3.29. The van der Waals surface area contributed by atoms with E-state index in [0.29, 0.717) is 30.6 Å². The van der Waals surface area contributed by atoms with Crippen molar-refractivity contribution < 1.29 is 14.3 Å². The lowest BCUT2D eigenvalue weighted by atomic mass is 9.87. The lowest BCUT2D eigenvalue weighted by Gasteiger charge is -2.33. The number of nitrogens with one attached hydrogen (secondary N) is 1. The predicted octanol–water partition coefficient (Wildman–Crippen LogP) is 2.83. The zero-order valence-corrected chi connectivity index (χ0v) is 15.3. The highest BCUT2D eigenvalue weighted by atomic mass is 16.5. The van der Waals surface area contributed by atoms with E-state index in [1.807, 2.05) is 18.2 Å². The molecule has 2 rings (SSSR count). The summed E-state index contributed by atoms with van der Waals surface area (Å²) in [5.74, 6) is 2.26. The van der Waals surface area contributed by atoms with Gasteiger partial charge in [-0.2, -0.15) is 0 Å². The Morgan fingerprint density at radius 3 is 2.46 bits per heavy atom. The number of methoxy groups -OCH3 is 2. The molecule has 1 aromatic carbocycles. The van der Waals surface area contributed by atoms with Crippen molar-refractivity contribution in [3.05, 3.63) is 23.8 Å². The summed E-state index contributed by atoms with van der Waals surface area (Å²) in [5.41, 5.74) is 0.996. The van der Waals surface area contributed by atoms with Crippen LogP contribution in [-0.4, -0.2) is 44.7 Å². The van der Waals surface area contributed by atoms with Crippen LogP contribution in [-0.2, 0) is 11.3 Å². The number of benzene rings is 1. The van der Waals surface area contributed by atoms with Gasteiger partial charge in [-0.1, -0.05) is 13.0 Å². The summed E-state index contributed by atoms with van der Waals surface area (Å²) < 4.78 is 10.5. The van der Waals surface area contributed by atoms with Gasteiger partial charge in [-0.05, 0) is 56.3 Å². The highest BCUT2D eigenvalue weighted by Gasteiger charge is 2.22. The maximum absolute atomic E-state index is 12.2. The normalized spacial score (nSPS) is 20.7. The van der Waals surface area contributed by atoms with E-state index < -0.39 is 0 Å². The molecule has 1 N–H and O–H groups in total. The van der Waals surface area contributed by atoms with Crippen LogP contribution in [0.4, 0.5) is 0 Å². The molecule has 5 nitrogen and oxygen atoms in total. The number of amides is 1. The number of carbonyl (C=O) groups excluding carboxylic acids is 1. The van der Waals surface area contributed by atoms with Gasteiger partial charge < -0.3 is 14.8 Å². The van der Waals surface area contributed by atoms with E-state index in [9.17, 15) is 4.79 Å². The molecule has 0 atom stereocenters. The van der Waals surface area contributed by atoms with Crippen LogP contribution in [0, 0.1) is 5.92 Å². The smallest absolute Gasteiger partial charge is 0.234 e. The van der Waals surface area contributed by atoms with Crippen molar-refractivity contribution in [1.82, 2.24) is 10.2 Å². The molecule has 1 saturated carbocycles. The topological polar surface area (TPSA) is 50.8 Å². The average Bonchev–Trinajstić information content (AvgIpc) is 2.60. The van der Waals surface area contributed by atoms with Crippen molar-refractivity contribution in [3.63, 3.8) is 0 Å². The fourth-order valence-corrected chi connectivity index (χ4v) is 3.29. The van der Waals surface area contributed by atoms with Crippen LogP contribution in [0.3, 0.4) is 0 Å². The van der Waals surface area contributed by atoms with E-state index >= 15 is 0 Å². The Labute approximate surface area is 145 Å². The lowest BCUT2D eigenvalue weighted by molar-refractivity contribution is -0.122. The van der Waals surface area contributed by atoms with Crippen molar-refractivity contribution in [2.24, 2.45) is 5.92 Å². The third-order valence-corrected chi connectivity index (χ3v) is 4.94. The van der Waals surface area contributed by atoms with Crippen LogP contribution in [0.1, 0.15) is 38.2 Å². The Balaban J connectivity index is 1.80. The van der Waals surface area contributed by atoms with Gasteiger partial charge in [-0.25, -0.2) is 0 Å². The minimum absolute atomic E-state index is 0.0610. The van der Waals surface area contributed by atoms with Crippen molar-refractivity contribution in [2.75, 3.05) is 27.8 Å². The van der Waals surface area contributed by atoms with Gasteiger partial charge in [-0.3, -0.25) is 9.69 Å². The first-order chi connectivity index (χ1) is 11.5. The Kier molecular flexibility index (Phi) is 6.91. The molecule has 0 spiro atoms. The molecule has 1 aromatic rings. The molecule has 1 fully saturated rings. The van der Waals surface area contributed by atoms with Crippen molar-refractivity contribution in [3.8, 4) is 11.5 Å². The van der Waals surface area contributed by atoms with Gasteiger partial charge in [0, 0.05) is 12.6 Å². The molecule has 1 aliphatic rings. The Morgan fingerprint density at radius 1 is 1.17 bits per heavy atom. The molecule has 5 heteroatoms. The Hall–Kier alpha value is -1.75. The molecule has 24 heavy (non-hydrogen) atoms. The summed E-state index contributed by atoms with van der Waals surface area (Å²) in [6.45, 7) is 3.26. The van der Waals surface area contributed by atoms with Gasteiger partial charge in [0.25, 0.3) is 0 Å². The van der Waals surface area contributed by atoms with Crippen molar-refractivity contribution in [1.29, 1.82) is 0 Å². The van der Waals surface area contributed by atoms with Crippen molar-refractivity contribution >= 4 is 5.91 Å². The molecule has 134 valence electrons. The summed E-state index contributed by atoms with van der Waals surface area (Å²) in [6, 6.07) is 6.22. The number of likely N-dealkylation sites (N-methyl/N-ethyl adjacent to an activating group) is 1. The number of hydrogen-bond donors (Lipinski definition) is 1.